The number of hydrogen-bond donors (Lipinski definition) is 0. The van der Waals surface area contributed by atoms with Crippen molar-refractivity contribution in [3.63, 3.8) is 0 Å². The smallest absolute Gasteiger partial charge is 0.343 e. The van der Waals surface area contributed by atoms with Crippen LogP contribution in [-0.4, -0.2) is 17.6 Å². The lowest BCUT2D eigenvalue weighted by Crippen LogP contribution is -2.19. The molecule has 0 spiro atoms. The number of ether oxygens (including phenoxy) is 1. The third-order valence-electron chi connectivity index (χ3n) is 3.92. The molecule has 23 heavy (non-hydrogen) atoms. The van der Waals surface area contributed by atoms with Crippen LogP contribution in [0.25, 0.3) is 22.0 Å². The second-order valence-electron chi connectivity index (χ2n) is 5.28. The van der Waals surface area contributed by atoms with E-state index in [0.717, 1.165) is 22.0 Å². The molecule has 2 aromatic carbocycles. The maximum absolute atomic E-state index is 12.2. The number of carbonyl (C=O) groups is 1. The SMILES string of the molecule is CCn1cc(C(=O)OC)c(=O)cc1-c1ccc2ccccc2c1. The highest BCUT2D eigenvalue weighted by Gasteiger charge is 2.14. The average Bonchev–Trinajstić information content (AvgIpc) is 2.60. The van der Waals surface area contributed by atoms with E-state index in [4.69, 9.17) is 0 Å². The molecule has 3 rings (SSSR count). The monoisotopic (exact) mass is 307 g/mol. The normalized spacial score (nSPS) is 10.7. The number of fused-ring (bicyclic) bond motifs is 1. The van der Waals surface area contributed by atoms with E-state index in [0.29, 0.717) is 6.54 Å². The molecule has 0 saturated carbocycles. The van der Waals surface area contributed by atoms with Gasteiger partial charge in [-0.15, -0.1) is 0 Å². The van der Waals surface area contributed by atoms with Gasteiger partial charge in [-0.1, -0.05) is 36.4 Å². The molecule has 0 aliphatic rings. The number of aryl methyl sites for hydroxylation is 1. The summed E-state index contributed by atoms with van der Waals surface area (Å²) in [5, 5.41) is 2.25. The number of methoxy groups -OCH3 is 1. The minimum Gasteiger partial charge on any atom is -0.465 e. The molecule has 0 aliphatic carbocycles. The zero-order valence-electron chi connectivity index (χ0n) is 13.1. The number of carbonyl (C=O) groups excluding carboxylic acids is 1. The van der Waals surface area contributed by atoms with Crippen LogP contribution in [0.3, 0.4) is 0 Å². The van der Waals surface area contributed by atoms with Gasteiger partial charge in [0.15, 0.2) is 5.43 Å². The fourth-order valence-corrected chi connectivity index (χ4v) is 2.70. The van der Waals surface area contributed by atoms with Gasteiger partial charge in [0.05, 0.1) is 12.8 Å². The minimum absolute atomic E-state index is 0.0545. The number of aromatic nitrogens is 1. The Balaban J connectivity index is 2.19. The summed E-state index contributed by atoms with van der Waals surface area (Å²) in [5.74, 6) is -0.609. The molecule has 0 N–H and O–H groups in total. The first-order valence-electron chi connectivity index (χ1n) is 7.46. The first-order valence-corrected chi connectivity index (χ1v) is 7.46. The molecule has 1 heterocycles. The largest absolute Gasteiger partial charge is 0.465 e. The molecule has 0 fully saturated rings. The van der Waals surface area contributed by atoms with Crippen molar-refractivity contribution in [2.45, 2.75) is 13.5 Å². The van der Waals surface area contributed by atoms with Crippen molar-refractivity contribution in [3.05, 3.63) is 70.5 Å². The van der Waals surface area contributed by atoms with Crippen molar-refractivity contribution in [1.82, 2.24) is 4.57 Å². The molecule has 0 saturated heterocycles. The van der Waals surface area contributed by atoms with Crippen molar-refractivity contribution in [1.29, 1.82) is 0 Å². The van der Waals surface area contributed by atoms with Crippen molar-refractivity contribution in [2.24, 2.45) is 0 Å². The summed E-state index contributed by atoms with van der Waals surface area (Å²) in [6, 6.07) is 15.6. The standard InChI is InChI=1S/C19H17NO3/c1-3-20-12-16(19(22)23-2)18(21)11-17(20)15-9-8-13-6-4-5-7-14(13)10-15/h4-12H,3H2,1-2H3. The van der Waals surface area contributed by atoms with Crippen LogP contribution in [-0.2, 0) is 11.3 Å². The van der Waals surface area contributed by atoms with Gasteiger partial charge in [-0.3, -0.25) is 4.79 Å². The summed E-state index contributed by atoms with van der Waals surface area (Å²) in [6.45, 7) is 2.61. The van der Waals surface area contributed by atoms with Crippen LogP contribution in [0.1, 0.15) is 17.3 Å². The molecule has 1 aromatic heterocycles. The first kappa shape index (κ1) is 15.0. The lowest BCUT2D eigenvalue weighted by Gasteiger charge is -2.13. The van der Waals surface area contributed by atoms with E-state index in [1.165, 1.54) is 13.2 Å². The number of rotatable bonds is 3. The van der Waals surface area contributed by atoms with Crippen molar-refractivity contribution < 1.29 is 9.53 Å². The van der Waals surface area contributed by atoms with Gasteiger partial charge in [-0.05, 0) is 29.3 Å². The van der Waals surface area contributed by atoms with Gasteiger partial charge in [-0.25, -0.2) is 4.79 Å². The molecular formula is C19H17NO3. The Bertz CT molecular complexity index is 941. The summed E-state index contributed by atoms with van der Waals surface area (Å²) in [6.07, 6.45) is 1.57. The maximum atomic E-state index is 12.2. The second-order valence-corrected chi connectivity index (χ2v) is 5.28. The van der Waals surface area contributed by atoms with Gasteiger partial charge >= 0.3 is 5.97 Å². The Hall–Kier alpha value is -2.88. The Morgan fingerprint density at radius 1 is 1.09 bits per heavy atom. The fraction of sp³-hybridized carbons (Fsp3) is 0.158. The highest BCUT2D eigenvalue weighted by atomic mass is 16.5. The average molecular weight is 307 g/mol. The second kappa shape index (κ2) is 6.08. The first-order chi connectivity index (χ1) is 11.1. The van der Waals surface area contributed by atoms with E-state index in [9.17, 15) is 9.59 Å². The summed E-state index contributed by atoms with van der Waals surface area (Å²) in [5.41, 5.74) is 1.46. The van der Waals surface area contributed by atoms with E-state index in [-0.39, 0.29) is 11.0 Å². The predicted molar refractivity (Wildman–Crippen MR) is 90.7 cm³/mol. The molecule has 4 heteroatoms. The van der Waals surface area contributed by atoms with Gasteiger partial charge in [0.2, 0.25) is 0 Å². The van der Waals surface area contributed by atoms with Crippen LogP contribution in [0, 0.1) is 0 Å². The zero-order valence-corrected chi connectivity index (χ0v) is 13.1. The van der Waals surface area contributed by atoms with Crippen LogP contribution in [0.2, 0.25) is 0 Å². The zero-order chi connectivity index (χ0) is 16.4. The molecule has 3 aromatic rings. The van der Waals surface area contributed by atoms with Crippen LogP contribution in [0.4, 0.5) is 0 Å². The Morgan fingerprint density at radius 2 is 1.83 bits per heavy atom. The third-order valence-corrected chi connectivity index (χ3v) is 3.92. The molecule has 0 aliphatic heterocycles. The van der Waals surface area contributed by atoms with E-state index in [2.05, 4.69) is 4.74 Å². The number of pyridine rings is 1. The summed E-state index contributed by atoms with van der Waals surface area (Å²) >= 11 is 0. The maximum Gasteiger partial charge on any atom is 0.343 e. The minimum atomic E-state index is -0.609. The van der Waals surface area contributed by atoms with Gasteiger partial charge in [0.1, 0.15) is 5.56 Å². The van der Waals surface area contributed by atoms with E-state index >= 15 is 0 Å². The molecule has 0 unspecified atom stereocenters. The molecule has 0 bridgehead atoms. The lowest BCUT2D eigenvalue weighted by atomic mass is 10.0. The lowest BCUT2D eigenvalue weighted by molar-refractivity contribution is 0.0598. The predicted octanol–water partition coefficient (Wildman–Crippen LogP) is 3.48. The van der Waals surface area contributed by atoms with Crippen LogP contribution in [0.5, 0.6) is 0 Å². The van der Waals surface area contributed by atoms with E-state index in [1.807, 2.05) is 54.0 Å². The quantitative estimate of drug-likeness (QED) is 0.696. The Morgan fingerprint density at radius 3 is 2.52 bits per heavy atom. The number of benzene rings is 2. The van der Waals surface area contributed by atoms with Gasteiger partial charge in [-0.2, -0.15) is 0 Å². The molecule has 116 valence electrons. The molecular weight excluding hydrogens is 290 g/mol. The van der Waals surface area contributed by atoms with Crippen LogP contribution < -0.4 is 5.43 Å². The Kier molecular flexibility index (Phi) is 3.98. The van der Waals surface area contributed by atoms with Gasteiger partial charge in [0.25, 0.3) is 0 Å². The van der Waals surface area contributed by atoms with Crippen LogP contribution >= 0.6 is 0 Å². The summed E-state index contributed by atoms with van der Waals surface area (Å²) in [7, 11) is 1.27. The van der Waals surface area contributed by atoms with E-state index < -0.39 is 5.97 Å². The van der Waals surface area contributed by atoms with Crippen molar-refractivity contribution in [3.8, 4) is 11.3 Å². The van der Waals surface area contributed by atoms with Gasteiger partial charge in [0, 0.05) is 18.8 Å². The number of esters is 1. The van der Waals surface area contributed by atoms with E-state index in [1.54, 1.807) is 6.20 Å². The van der Waals surface area contributed by atoms with Crippen molar-refractivity contribution in [2.75, 3.05) is 7.11 Å². The highest BCUT2D eigenvalue weighted by Crippen LogP contribution is 2.24. The highest BCUT2D eigenvalue weighted by molar-refractivity contribution is 5.90. The number of hydrogen-bond acceptors (Lipinski definition) is 3. The molecule has 0 atom stereocenters. The van der Waals surface area contributed by atoms with Crippen molar-refractivity contribution >= 4 is 16.7 Å². The third kappa shape index (κ3) is 2.75. The summed E-state index contributed by atoms with van der Waals surface area (Å²) < 4.78 is 6.55. The van der Waals surface area contributed by atoms with Crippen LogP contribution in [0.15, 0.2) is 59.5 Å². The summed E-state index contributed by atoms with van der Waals surface area (Å²) in [4.78, 5) is 23.9. The molecule has 4 nitrogen and oxygen atoms in total. The molecule has 0 amide bonds. The number of nitrogens with zero attached hydrogens (tertiary/aromatic N) is 1. The topological polar surface area (TPSA) is 48.3 Å². The Labute approximate surface area is 133 Å². The van der Waals surface area contributed by atoms with Gasteiger partial charge < -0.3 is 9.30 Å². The fourth-order valence-electron chi connectivity index (χ4n) is 2.70. The molecule has 0 radical (unpaired) electrons.